The van der Waals surface area contributed by atoms with E-state index in [1.54, 1.807) is 0 Å². The fraction of sp³-hybridized carbons (Fsp3) is 0.500. The lowest BCUT2D eigenvalue weighted by molar-refractivity contribution is -0.397. The van der Waals surface area contributed by atoms with Gasteiger partial charge in [-0.25, -0.2) is 13.6 Å². The van der Waals surface area contributed by atoms with Gasteiger partial charge in [-0.3, -0.25) is 0 Å². The minimum atomic E-state index is -1.28. The summed E-state index contributed by atoms with van der Waals surface area (Å²) < 4.78 is 14.6. The third-order valence-electron chi connectivity index (χ3n) is 2.78. The highest BCUT2D eigenvalue weighted by Gasteiger charge is 2.23. The number of alkyl halides is 1. The minimum Gasteiger partial charge on any atom is -0.390 e. The van der Waals surface area contributed by atoms with E-state index >= 15 is 0 Å². The van der Waals surface area contributed by atoms with E-state index in [1.807, 2.05) is 0 Å². The van der Waals surface area contributed by atoms with Crippen LogP contribution in [0, 0.1) is 10.1 Å². The summed E-state index contributed by atoms with van der Waals surface area (Å²) in [5.41, 5.74) is 0.113. The zero-order valence-electron chi connectivity index (χ0n) is 10.8. The van der Waals surface area contributed by atoms with Crippen molar-refractivity contribution in [3.63, 3.8) is 0 Å². The maximum absolute atomic E-state index is 12.3. The van der Waals surface area contributed by atoms with Crippen molar-refractivity contribution in [2.45, 2.75) is 32.0 Å². The lowest BCUT2D eigenvalue weighted by atomic mass is 10.2. The highest BCUT2D eigenvalue weighted by atomic mass is 19.1. The van der Waals surface area contributed by atoms with Crippen molar-refractivity contribution in [3.05, 3.63) is 34.4 Å². The molecule has 2 unspecified atom stereocenters. The van der Waals surface area contributed by atoms with E-state index in [2.05, 4.69) is 15.3 Å². The first-order valence-electron chi connectivity index (χ1n) is 5.98. The molecule has 114 valence electrons. The molecule has 0 amide bonds. The van der Waals surface area contributed by atoms with Crippen molar-refractivity contribution in [2.24, 2.45) is 0 Å². The van der Waals surface area contributed by atoms with Crippen LogP contribution in [0.25, 0.3) is 0 Å². The summed E-state index contributed by atoms with van der Waals surface area (Å²) in [4.78, 5) is 13.5. The van der Waals surface area contributed by atoms with Crippen LogP contribution in [-0.2, 0) is 19.8 Å². The number of imidazole rings is 1. The maximum atomic E-state index is 12.3. The van der Waals surface area contributed by atoms with Crippen LogP contribution in [0.1, 0.15) is 5.69 Å². The van der Waals surface area contributed by atoms with Gasteiger partial charge in [-0.05, 0) is 4.92 Å². The number of halogens is 1. The Balaban J connectivity index is 1.97. The Bertz CT molecular complexity index is 614. The number of aromatic nitrogens is 5. The van der Waals surface area contributed by atoms with Crippen LogP contribution in [0.4, 0.5) is 10.3 Å². The molecule has 0 aliphatic carbocycles. The molecule has 0 fully saturated rings. The molecule has 2 heterocycles. The largest absolute Gasteiger partial charge is 0.434 e. The van der Waals surface area contributed by atoms with Gasteiger partial charge in [0.2, 0.25) is 0 Å². The zero-order chi connectivity index (χ0) is 15.4. The predicted molar refractivity (Wildman–Crippen MR) is 65.7 cm³/mol. The number of aliphatic hydroxyl groups is 2. The number of nitro groups is 1. The molecule has 2 N–H and O–H groups in total. The van der Waals surface area contributed by atoms with E-state index < -0.39 is 29.8 Å². The van der Waals surface area contributed by atoms with E-state index in [0.29, 0.717) is 0 Å². The molecule has 0 saturated carbocycles. The van der Waals surface area contributed by atoms with Crippen molar-refractivity contribution in [1.82, 2.24) is 24.5 Å². The van der Waals surface area contributed by atoms with Gasteiger partial charge in [0.1, 0.15) is 43.5 Å². The van der Waals surface area contributed by atoms with Gasteiger partial charge in [-0.1, -0.05) is 10.2 Å². The van der Waals surface area contributed by atoms with E-state index in [1.165, 1.54) is 23.3 Å². The highest BCUT2D eigenvalue weighted by Crippen LogP contribution is 2.10. The predicted octanol–water partition coefficient (Wildman–Crippen LogP) is -0.726. The molecular weight excluding hydrogens is 287 g/mol. The second-order valence-electron chi connectivity index (χ2n) is 4.34. The van der Waals surface area contributed by atoms with Crippen molar-refractivity contribution in [3.8, 4) is 0 Å². The molecule has 10 nitrogen and oxygen atoms in total. The Morgan fingerprint density at radius 2 is 2.10 bits per heavy atom. The van der Waals surface area contributed by atoms with E-state index in [4.69, 9.17) is 0 Å². The van der Waals surface area contributed by atoms with Gasteiger partial charge in [0.05, 0.1) is 12.7 Å². The average molecular weight is 300 g/mol. The Morgan fingerprint density at radius 1 is 1.38 bits per heavy atom. The second-order valence-corrected chi connectivity index (χ2v) is 4.34. The molecule has 2 rings (SSSR count). The third kappa shape index (κ3) is 3.58. The Labute approximate surface area is 117 Å². The molecule has 0 aliphatic rings. The molecule has 0 spiro atoms. The summed E-state index contributed by atoms with van der Waals surface area (Å²) in [5, 5.41) is 37.5. The fourth-order valence-electron chi connectivity index (χ4n) is 1.74. The topological polar surface area (TPSA) is 132 Å². The van der Waals surface area contributed by atoms with Gasteiger partial charge in [0.25, 0.3) is 0 Å². The second kappa shape index (κ2) is 6.37. The summed E-state index contributed by atoms with van der Waals surface area (Å²) >= 11 is 0. The monoisotopic (exact) mass is 300 g/mol. The molecular formula is C10H13FN6O4. The van der Waals surface area contributed by atoms with Crippen LogP contribution in [0.2, 0.25) is 0 Å². The average Bonchev–Trinajstić information content (AvgIpc) is 3.07. The number of aliphatic hydroxyl groups excluding tert-OH is 2. The number of rotatable bonds is 7. The normalized spacial score (nSPS) is 14.0. The summed E-state index contributed by atoms with van der Waals surface area (Å²) in [6.07, 6.45) is 1.32. The van der Waals surface area contributed by atoms with Crippen LogP contribution in [0.15, 0.2) is 18.6 Å². The summed E-state index contributed by atoms with van der Waals surface area (Å²) in [6.45, 7) is -1.10. The minimum absolute atomic E-state index is 0.113. The molecule has 0 saturated heterocycles. The summed E-state index contributed by atoms with van der Waals surface area (Å²) in [5.74, 6) is -0.429. The molecule has 2 aromatic rings. The standard InChI is InChI=1S/C10H13FN6O4/c11-3-7-4-16(14-13-7)6-9(19)8(18)5-15-2-1-12-10(15)17(20)21/h1-2,4,8-9,18-19H,3,5-6H2. The number of hydrogen-bond acceptors (Lipinski definition) is 7. The van der Waals surface area contributed by atoms with Crippen molar-refractivity contribution in [2.75, 3.05) is 0 Å². The molecule has 0 aromatic carbocycles. The lowest BCUT2D eigenvalue weighted by Crippen LogP contribution is -2.34. The van der Waals surface area contributed by atoms with Crippen LogP contribution in [-0.4, -0.2) is 51.9 Å². The van der Waals surface area contributed by atoms with Crippen molar-refractivity contribution >= 4 is 5.95 Å². The molecule has 0 bridgehead atoms. The van der Waals surface area contributed by atoms with Gasteiger partial charge in [-0.2, -0.15) is 0 Å². The van der Waals surface area contributed by atoms with Crippen molar-refractivity contribution in [1.29, 1.82) is 0 Å². The molecule has 11 heteroatoms. The molecule has 2 aromatic heterocycles. The smallest absolute Gasteiger partial charge is 0.390 e. The van der Waals surface area contributed by atoms with Crippen molar-refractivity contribution < 1.29 is 19.5 Å². The third-order valence-corrected chi connectivity index (χ3v) is 2.78. The van der Waals surface area contributed by atoms with Crippen LogP contribution >= 0.6 is 0 Å². The number of nitrogens with zero attached hydrogens (tertiary/aromatic N) is 6. The molecule has 21 heavy (non-hydrogen) atoms. The lowest BCUT2D eigenvalue weighted by Gasteiger charge is -2.16. The molecule has 0 radical (unpaired) electrons. The quantitative estimate of drug-likeness (QED) is 0.509. The first-order chi connectivity index (χ1) is 10.0. The SMILES string of the molecule is O=[N+]([O-])c1nccn1CC(O)C(O)Cn1cc(CF)nn1. The van der Waals surface area contributed by atoms with Crippen LogP contribution in [0.5, 0.6) is 0 Å². The first kappa shape index (κ1) is 15.0. The fourth-order valence-corrected chi connectivity index (χ4v) is 1.74. The maximum Gasteiger partial charge on any atom is 0.434 e. The molecule has 0 aliphatic heterocycles. The van der Waals surface area contributed by atoms with Gasteiger partial charge in [0.15, 0.2) is 0 Å². The van der Waals surface area contributed by atoms with Gasteiger partial charge >= 0.3 is 5.95 Å². The van der Waals surface area contributed by atoms with Crippen LogP contribution < -0.4 is 0 Å². The molecule has 2 atom stereocenters. The van der Waals surface area contributed by atoms with Gasteiger partial charge in [-0.15, -0.1) is 5.10 Å². The van der Waals surface area contributed by atoms with E-state index in [0.717, 1.165) is 4.57 Å². The Kier molecular flexibility index (Phi) is 4.55. The zero-order valence-corrected chi connectivity index (χ0v) is 10.8. The number of hydrogen-bond donors (Lipinski definition) is 2. The first-order valence-corrected chi connectivity index (χ1v) is 5.98. The van der Waals surface area contributed by atoms with E-state index in [9.17, 15) is 24.7 Å². The Morgan fingerprint density at radius 3 is 2.71 bits per heavy atom. The van der Waals surface area contributed by atoms with Gasteiger partial charge < -0.3 is 20.3 Å². The van der Waals surface area contributed by atoms with Gasteiger partial charge in [0, 0.05) is 0 Å². The summed E-state index contributed by atoms with van der Waals surface area (Å²) in [6, 6.07) is 0. The van der Waals surface area contributed by atoms with Crippen LogP contribution in [0.3, 0.4) is 0 Å². The highest BCUT2D eigenvalue weighted by molar-refractivity contribution is 5.06. The van der Waals surface area contributed by atoms with E-state index in [-0.39, 0.29) is 18.8 Å². The Hall–Kier alpha value is -2.40. The summed E-state index contributed by atoms with van der Waals surface area (Å²) in [7, 11) is 0.